The van der Waals surface area contributed by atoms with Gasteiger partial charge < -0.3 is 64.2 Å². The van der Waals surface area contributed by atoms with Crippen molar-refractivity contribution in [1.82, 2.24) is 34.0 Å². The highest BCUT2D eigenvalue weighted by Crippen LogP contribution is 2.38. The molecule has 4 aliphatic carbocycles. The Bertz CT molecular complexity index is 6730. The molecule has 6 N–H and O–H groups in total. The zero-order valence-corrected chi connectivity index (χ0v) is 74.6. The summed E-state index contributed by atoms with van der Waals surface area (Å²) in [5.74, 6) is 0.402. The fourth-order valence-electron chi connectivity index (χ4n) is 18.3. The van der Waals surface area contributed by atoms with E-state index in [-0.39, 0.29) is 112 Å². The van der Waals surface area contributed by atoms with Crippen LogP contribution in [0.3, 0.4) is 0 Å². The van der Waals surface area contributed by atoms with Gasteiger partial charge in [-0.05, 0) is 149 Å². The lowest BCUT2D eigenvalue weighted by atomic mass is 9.92. The molecular weight excluding hydrogens is 1700 g/mol. The van der Waals surface area contributed by atoms with Crippen molar-refractivity contribution in [2.24, 2.45) is 5.92 Å². The lowest BCUT2D eigenvalue weighted by Gasteiger charge is -2.45. The summed E-state index contributed by atoms with van der Waals surface area (Å²) in [6.07, 6.45) is 15.3. The molecule has 3 aromatic heterocycles. The number of carbonyl (C=O) groups excluding carboxylic acids is 8. The third-order valence-corrected chi connectivity index (χ3v) is 24.8. The van der Waals surface area contributed by atoms with Crippen molar-refractivity contribution in [3.8, 4) is 40.0 Å². The minimum absolute atomic E-state index is 0.0349. The molecule has 2 saturated heterocycles. The van der Waals surface area contributed by atoms with E-state index in [1.807, 2.05) is 178 Å². The number of piperazine rings is 2. The molecule has 13 aromatic rings. The minimum Gasteiger partial charge on any atom is -0.508 e. The number of hydrogen-bond acceptors (Lipinski definition) is 20. The Kier molecular flexibility index (Phi) is 29.1. The van der Waals surface area contributed by atoms with Crippen LogP contribution < -0.4 is 24.9 Å². The van der Waals surface area contributed by atoms with Gasteiger partial charge in [0.05, 0.1) is 84.4 Å². The summed E-state index contributed by atoms with van der Waals surface area (Å²) in [5.41, 5.74) is 19.3. The van der Waals surface area contributed by atoms with E-state index in [9.17, 15) is 63.9 Å². The average Bonchev–Trinajstić information content (AvgIpc) is 1.70. The van der Waals surface area contributed by atoms with E-state index < -0.39 is 0 Å². The largest absolute Gasteiger partial charge is 0.508 e. The van der Waals surface area contributed by atoms with Gasteiger partial charge in [0.2, 0.25) is 0 Å². The van der Waals surface area contributed by atoms with Crippen molar-refractivity contribution in [1.29, 1.82) is 0 Å². The number of benzene rings is 10. The Hall–Kier alpha value is -16.4. The molecule has 3 unspecified atom stereocenters. The molecule has 3 fully saturated rings. The minimum atomic E-state index is -0.281. The third-order valence-electron chi connectivity index (χ3n) is 24.8. The third kappa shape index (κ3) is 23.5. The molecule has 7 aliphatic rings. The summed E-state index contributed by atoms with van der Waals surface area (Å²) < 4.78 is 5.90. The number of phenolic OH excluding ortho intramolecular Hbond substituents is 5. The number of allylic oxidation sites excluding steroid dienone is 7. The number of hydrogen-bond donors (Lipinski definition) is 6. The SMILES string of the molecule is C=C1C=C(CC2CN(c3ccccc3)CCN2c2cccc(O)c2)C(=O)C1.C=C1C=C(c2c(Cc3ccccc3)ncn2Cc2cccc(O)c2)C(=O)N1.O=C1C=C(Cc2c(-c3ccccc3)ncn2Cc2cccc(O)c2)C(=O)C1.O=C1C=C(Cc2c(Cc3ccccc3)ncn2Cc2cccc(O)c2)C(=O)C1.O=C1CC(=O)C(C2CN(c3ccccc3)CCN2c2cccc(O)c2)C1. The highest BCUT2D eigenvalue weighted by Gasteiger charge is 2.43. The quantitative estimate of drug-likeness (QED) is 0.0324. The number of para-hydroxylation sites is 2. The molecule has 3 atom stereocenters. The first-order valence-electron chi connectivity index (χ1n) is 45.0. The number of aromatic hydroxyl groups is 5. The van der Waals surface area contributed by atoms with Gasteiger partial charge in [-0.25, -0.2) is 15.0 Å². The van der Waals surface area contributed by atoms with Crippen LogP contribution in [-0.4, -0.2) is 152 Å². The number of rotatable bonds is 23. The van der Waals surface area contributed by atoms with Gasteiger partial charge in [-0.1, -0.05) is 195 Å². The maximum Gasteiger partial charge on any atom is 0.257 e. The average molecular weight is 1800 g/mol. The number of nitrogens with one attached hydrogen (secondary N) is 1. The van der Waals surface area contributed by atoms with Gasteiger partial charge in [0.15, 0.2) is 28.9 Å². The molecule has 135 heavy (non-hydrogen) atoms. The topological polar surface area (TPSA) is 316 Å². The Morgan fingerprint density at radius 3 is 1.29 bits per heavy atom. The second-order valence-corrected chi connectivity index (χ2v) is 34.5. The maximum atomic E-state index is 12.5. The molecule has 6 heterocycles. The molecule has 0 radical (unpaired) electrons. The van der Waals surface area contributed by atoms with E-state index >= 15 is 0 Å². The van der Waals surface area contributed by atoms with E-state index in [4.69, 9.17) is 0 Å². The summed E-state index contributed by atoms with van der Waals surface area (Å²) in [5, 5.41) is 51.7. The van der Waals surface area contributed by atoms with E-state index in [1.54, 1.807) is 104 Å². The second-order valence-electron chi connectivity index (χ2n) is 34.5. The Morgan fingerprint density at radius 1 is 0.378 bits per heavy atom. The first kappa shape index (κ1) is 91.9. The van der Waals surface area contributed by atoms with Gasteiger partial charge >= 0.3 is 0 Å². The first-order valence-corrected chi connectivity index (χ1v) is 45.0. The Labute approximate surface area is 782 Å². The van der Waals surface area contributed by atoms with Crippen molar-refractivity contribution in [3.05, 3.63) is 414 Å². The molecule has 1 amide bonds. The summed E-state index contributed by atoms with van der Waals surface area (Å²) >= 11 is 0. The van der Waals surface area contributed by atoms with Gasteiger partial charge in [-0.2, -0.15) is 0 Å². The predicted molar refractivity (Wildman–Crippen MR) is 520 cm³/mol. The monoisotopic (exact) mass is 1800 g/mol. The smallest absolute Gasteiger partial charge is 0.257 e. The van der Waals surface area contributed by atoms with E-state index in [2.05, 4.69) is 89.4 Å². The van der Waals surface area contributed by atoms with Gasteiger partial charge in [0.1, 0.15) is 40.3 Å². The summed E-state index contributed by atoms with van der Waals surface area (Å²) in [6, 6.07) is 86.2. The molecule has 0 bridgehead atoms. The summed E-state index contributed by atoms with van der Waals surface area (Å²) in [7, 11) is 0. The Morgan fingerprint density at radius 2 is 0.807 bits per heavy atom. The zero-order valence-electron chi connectivity index (χ0n) is 74.6. The van der Waals surface area contributed by atoms with E-state index in [0.29, 0.717) is 93.5 Å². The summed E-state index contributed by atoms with van der Waals surface area (Å²) in [4.78, 5) is 119. The number of phenols is 5. The van der Waals surface area contributed by atoms with E-state index in [1.165, 1.54) is 17.8 Å². The van der Waals surface area contributed by atoms with Crippen LogP contribution in [0.1, 0.15) is 94.8 Å². The van der Waals surface area contributed by atoms with Gasteiger partial charge in [-0.3, -0.25) is 38.4 Å². The molecular formula is C111H103N11O13. The van der Waals surface area contributed by atoms with Crippen molar-refractivity contribution in [2.45, 2.75) is 95.9 Å². The first-order chi connectivity index (χ1) is 65.5. The highest BCUT2D eigenvalue weighted by atomic mass is 16.3. The van der Waals surface area contributed by atoms with Gasteiger partial charge in [0, 0.05) is 166 Å². The standard InChI is InChI=1S/C23H20N2O3.C23H24N2O2.C22H19N3O2.C22H18N2O3.C21H22N2O3/c26-19-8-4-7-17(9-19)14-25-15-24-21(10-16-5-2-1-3-6-16)22(25)12-18-11-20(27)13-23(18)28;1-17-12-18(23(27)13-17)14-21-16-24(19-6-3-2-4-7-19)10-11-25(21)20-8-5-9-22(26)15-20;1-15-10-19(22(27)24-15)21-20(12-16-6-3-2-4-7-16)23-14-25(21)13-17-8-5-9-18(26)11-17;25-18-8-4-5-15(9-18)13-24-14-23-22(16-6-2-1-3-7-16)20(24)11-17-10-19(26)12-21(17)27;24-17-8-4-7-16(11-17)23-10-9-22(15-5-2-1-3-6-15)14-20(23)19-12-18(25)13-21(19)26/h1-9,11,15,26H,10,12-14H2;2-9,12,15,21,26H,1,10-11,13-14,16H2;2-11,14,26H,1,12-13H2,(H,24,27);1-10,14,25H,11-13H2;1-8,11,19-20,24H,9-10,12-14H2. The maximum absolute atomic E-state index is 12.5. The number of nitrogens with zero attached hydrogens (tertiary/aromatic N) is 10. The number of aromatic nitrogens is 6. The fourth-order valence-corrected chi connectivity index (χ4v) is 18.3. The lowest BCUT2D eigenvalue weighted by molar-refractivity contribution is -0.124. The number of carbonyl (C=O) groups is 8. The lowest BCUT2D eigenvalue weighted by Crippen LogP contribution is -2.57. The van der Waals surface area contributed by atoms with Gasteiger partial charge in [-0.15, -0.1) is 0 Å². The summed E-state index contributed by atoms with van der Waals surface area (Å²) in [6.45, 7) is 14.1. The van der Waals surface area contributed by atoms with Crippen molar-refractivity contribution in [2.75, 3.05) is 58.9 Å². The number of amides is 1. The van der Waals surface area contributed by atoms with Crippen molar-refractivity contribution < 1.29 is 63.9 Å². The van der Waals surface area contributed by atoms with Crippen LogP contribution in [0.15, 0.2) is 357 Å². The predicted octanol–water partition coefficient (Wildman–Crippen LogP) is 16.4. The van der Waals surface area contributed by atoms with Crippen molar-refractivity contribution in [3.63, 3.8) is 0 Å². The molecule has 20 rings (SSSR count). The molecule has 3 aliphatic heterocycles. The zero-order chi connectivity index (χ0) is 94.0. The number of imidazole rings is 3. The van der Waals surface area contributed by atoms with E-state index in [0.717, 1.165) is 128 Å². The number of anilines is 4. The molecule has 0 spiro atoms. The van der Waals surface area contributed by atoms with Crippen LogP contribution in [0.25, 0.3) is 16.8 Å². The van der Waals surface area contributed by atoms with Crippen LogP contribution in [0, 0.1) is 5.92 Å². The van der Waals surface area contributed by atoms with Crippen molar-refractivity contribution >= 4 is 74.7 Å². The van der Waals surface area contributed by atoms with Crippen LogP contribution in [-0.2, 0) is 83.7 Å². The number of Topliss-reactive ketones (excluding diaryl/α,β-unsaturated/α-hetero) is 5. The van der Waals surface area contributed by atoms with Gasteiger partial charge in [0.25, 0.3) is 5.91 Å². The molecule has 1 saturated carbocycles. The molecule has 24 heteroatoms. The highest BCUT2D eigenvalue weighted by molar-refractivity contribution is 6.23. The van der Waals surface area contributed by atoms with Crippen LogP contribution >= 0.6 is 0 Å². The van der Waals surface area contributed by atoms with Crippen LogP contribution in [0.5, 0.6) is 28.7 Å². The second kappa shape index (κ2) is 42.7. The number of ketones is 7. The molecule has 24 nitrogen and oxygen atoms in total. The molecule has 10 aromatic carbocycles. The molecule has 680 valence electrons. The van der Waals surface area contributed by atoms with Crippen LogP contribution in [0.4, 0.5) is 22.7 Å². The Balaban J connectivity index is 0.000000123. The fraction of sp³-hybridized carbons (Fsp3) is 0.198. The normalized spacial score (nSPS) is 16.9. The van der Waals surface area contributed by atoms with Crippen LogP contribution in [0.2, 0.25) is 0 Å².